The van der Waals surface area contributed by atoms with E-state index >= 15 is 0 Å². The predicted molar refractivity (Wildman–Crippen MR) is 59.6 cm³/mol. The van der Waals surface area contributed by atoms with Gasteiger partial charge in [0.1, 0.15) is 17.1 Å². The van der Waals surface area contributed by atoms with Gasteiger partial charge in [-0.25, -0.2) is 9.18 Å². The Balaban J connectivity index is 2.76. The summed E-state index contributed by atoms with van der Waals surface area (Å²) in [6, 6.07) is 4.09. The number of carbonyl (C=O) groups excluding carboxylic acids is 1. The van der Waals surface area contributed by atoms with Gasteiger partial charge < -0.3 is 9.47 Å². The highest BCUT2D eigenvalue weighted by molar-refractivity contribution is 5.99. The molecule has 17 heavy (non-hydrogen) atoms. The molecule has 0 fully saturated rings. The number of hydrogen-bond donors (Lipinski definition) is 0. The van der Waals surface area contributed by atoms with Gasteiger partial charge in [-0.1, -0.05) is 0 Å². The van der Waals surface area contributed by atoms with Crippen LogP contribution in [0.1, 0.15) is 10.4 Å². The third kappa shape index (κ3) is 1.91. The van der Waals surface area contributed by atoms with Crippen LogP contribution in [-0.4, -0.2) is 25.2 Å². The van der Waals surface area contributed by atoms with Gasteiger partial charge in [0.05, 0.1) is 19.7 Å². The second-order valence-corrected chi connectivity index (χ2v) is 3.36. The van der Waals surface area contributed by atoms with Crippen LogP contribution in [0.25, 0.3) is 10.9 Å². The summed E-state index contributed by atoms with van der Waals surface area (Å²) in [6.45, 7) is 0. The van der Waals surface area contributed by atoms with Gasteiger partial charge in [0.2, 0.25) is 0 Å². The molecule has 1 heterocycles. The molecule has 88 valence electrons. The van der Waals surface area contributed by atoms with Crippen LogP contribution in [0.3, 0.4) is 0 Å². The number of methoxy groups -OCH3 is 2. The third-order valence-electron chi connectivity index (χ3n) is 2.39. The molecule has 0 amide bonds. The second-order valence-electron chi connectivity index (χ2n) is 3.36. The number of nitrogens with zero attached hydrogens (tertiary/aromatic N) is 1. The maximum atomic E-state index is 13.2. The molecule has 0 saturated heterocycles. The monoisotopic (exact) mass is 235 g/mol. The van der Waals surface area contributed by atoms with Gasteiger partial charge in [0.15, 0.2) is 0 Å². The Hall–Kier alpha value is -2.17. The SMILES string of the molecule is COC(=O)c1cnc2ccc(F)cc2c1OC. The number of benzene rings is 1. The number of hydrogen-bond acceptors (Lipinski definition) is 4. The Bertz CT molecular complexity index is 583. The van der Waals surface area contributed by atoms with Crippen LogP contribution in [0.2, 0.25) is 0 Å². The van der Waals surface area contributed by atoms with E-state index in [1.807, 2.05) is 0 Å². The lowest BCUT2D eigenvalue weighted by Crippen LogP contribution is -2.05. The molecule has 0 aliphatic carbocycles. The van der Waals surface area contributed by atoms with Crippen molar-refractivity contribution in [1.82, 2.24) is 4.98 Å². The number of esters is 1. The summed E-state index contributed by atoms with van der Waals surface area (Å²) in [4.78, 5) is 15.5. The average Bonchev–Trinajstić information content (AvgIpc) is 2.36. The van der Waals surface area contributed by atoms with Crippen LogP contribution < -0.4 is 4.74 Å². The predicted octanol–water partition coefficient (Wildman–Crippen LogP) is 2.17. The number of fused-ring (bicyclic) bond motifs is 1. The van der Waals surface area contributed by atoms with E-state index in [-0.39, 0.29) is 11.3 Å². The zero-order valence-electron chi connectivity index (χ0n) is 9.36. The number of ether oxygens (including phenoxy) is 2. The largest absolute Gasteiger partial charge is 0.495 e. The summed E-state index contributed by atoms with van der Waals surface area (Å²) in [6.07, 6.45) is 1.35. The molecule has 1 aromatic carbocycles. The van der Waals surface area contributed by atoms with Crippen LogP contribution in [0.5, 0.6) is 5.75 Å². The molecule has 0 spiro atoms. The maximum absolute atomic E-state index is 13.2. The maximum Gasteiger partial charge on any atom is 0.343 e. The standard InChI is InChI=1S/C12H10FNO3/c1-16-11-8-5-7(13)3-4-10(8)14-6-9(11)12(15)17-2/h3-6H,1-2H3. The summed E-state index contributed by atoms with van der Waals surface area (Å²) in [5.74, 6) is -0.721. The average molecular weight is 235 g/mol. The Morgan fingerprint density at radius 2 is 2.12 bits per heavy atom. The Morgan fingerprint density at radius 1 is 1.35 bits per heavy atom. The van der Waals surface area contributed by atoms with E-state index in [1.165, 1.54) is 38.6 Å². The van der Waals surface area contributed by atoms with Crippen molar-refractivity contribution in [2.75, 3.05) is 14.2 Å². The lowest BCUT2D eigenvalue weighted by atomic mass is 10.1. The minimum Gasteiger partial charge on any atom is -0.495 e. The Kier molecular flexibility index (Phi) is 2.91. The summed E-state index contributed by atoms with van der Waals surface area (Å²) in [5, 5.41) is 0.440. The van der Waals surface area contributed by atoms with Crippen LogP contribution in [0.4, 0.5) is 4.39 Å². The second kappa shape index (κ2) is 4.37. The zero-order chi connectivity index (χ0) is 12.4. The van der Waals surface area contributed by atoms with E-state index in [4.69, 9.17) is 4.74 Å². The van der Waals surface area contributed by atoms with Crippen molar-refractivity contribution in [3.8, 4) is 5.75 Å². The fourth-order valence-corrected chi connectivity index (χ4v) is 1.62. The molecule has 0 aliphatic heterocycles. The molecule has 2 aromatic rings. The molecule has 5 heteroatoms. The number of aromatic nitrogens is 1. The highest BCUT2D eigenvalue weighted by Crippen LogP contribution is 2.29. The van der Waals surface area contributed by atoms with Gasteiger partial charge in [0.25, 0.3) is 0 Å². The van der Waals surface area contributed by atoms with Gasteiger partial charge in [-0.15, -0.1) is 0 Å². The van der Waals surface area contributed by atoms with Crippen LogP contribution in [0.15, 0.2) is 24.4 Å². The highest BCUT2D eigenvalue weighted by Gasteiger charge is 2.16. The van der Waals surface area contributed by atoms with Crippen LogP contribution >= 0.6 is 0 Å². The van der Waals surface area contributed by atoms with Crippen molar-refractivity contribution in [2.45, 2.75) is 0 Å². The van der Waals surface area contributed by atoms with Gasteiger partial charge in [0, 0.05) is 11.6 Å². The van der Waals surface area contributed by atoms with E-state index in [2.05, 4.69) is 9.72 Å². The molecule has 0 atom stereocenters. The Morgan fingerprint density at radius 3 is 2.76 bits per heavy atom. The lowest BCUT2D eigenvalue weighted by Gasteiger charge is -2.09. The molecule has 0 aliphatic rings. The van der Waals surface area contributed by atoms with E-state index in [0.717, 1.165) is 0 Å². The lowest BCUT2D eigenvalue weighted by molar-refractivity contribution is 0.0597. The fraction of sp³-hybridized carbons (Fsp3) is 0.167. The minimum atomic E-state index is -0.569. The smallest absolute Gasteiger partial charge is 0.343 e. The van der Waals surface area contributed by atoms with Crippen molar-refractivity contribution in [3.63, 3.8) is 0 Å². The van der Waals surface area contributed by atoms with Crippen LogP contribution in [0, 0.1) is 5.82 Å². The van der Waals surface area contributed by atoms with Crippen molar-refractivity contribution in [2.24, 2.45) is 0 Å². The van der Waals surface area contributed by atoms with Crippen molar-refractivity contribution < 1.29 is 18.7 Å². The Labute approximate surface area is 97.0 Å². The highest BCUT2D eigenvalue weighted by atomic mass is 19.1. The first-order valence-corrected chi connectivity index (χ1v) is 4.88. The molecule has 2 rings (SSSR count). The topological polar surface area (TPSA) is 48.4 Å². The van der Waals surface area contributed by atoms with E-state index in [1.54, 1.807) is 0 Å². The van der Waals surface area contributed by atoms with E-state index in [9.17, 15) is 9.18 Å². The number of rotatable bonds is 2. The van der Waals surface area contributed by atoms with Crippen molar-refractivity contribution >= 4 is 16.9 Å². The minimum absolute atomic E-state index is 0.174. The first-order chi connectivity index (χ1) is 8.17. The number of pyridine rings is 1. The quantitative estimate of drug-likeness (QED) is 0.748. The van der Waals surface area contributed by atoms with E-state index < -0.39 is 11.8 Å². The third-order valence-corrected chi connectivity index (χ3v) is 2.39. The molecule has 1 aromatic heterocycles. The summed E-state index contributed by atoms with van der Waals surface area (Å²) < 4.78 is 22.9. The summed E-state index contributed by atoms with van der Waals surface area (Å²) in [5.41, 5.74) is 0.726. The molecule has 0 radical (unpaired) electrons. The zero-order valence-corrected chi connectivity index (χ0v) is 9.36. The van der Waals surface area contributed by atoms with Crippen LogP contribution in [-0.2, 0) is 4.74 Å². The molecule has 0 unspecified atom stereocenters. The molecule has 0 bridgehead atoms. The van der Waals surface area contributed by atoms with Crippen molar-refractivity contribution in [1.29, 1.82) is 0 Å². The molecule has 4 nitrogen and oxygen atoms in total. The molecular weight excluding hydrogens is 225 g/mol. The summed E-state index contributed by atoms with van der Waals surface area (Å²) in [7, 11) is 2.67. The van der Waals surface area contributed by atoms with Gasteiger partial charge in [-0.05, 0) is 18.2 Å². The van der Waals surface area contributed by atoms with Gasteiger partial charge in [-0.2, -0.15) is 0 Å². The molecule has 0 saturated carbocycles. The fourth-order valence-electron chi connectivity index (χ4n) is 1.62. The first-order valence-electron chi connectivity index (χ1n) is 4.88. The first kappa shape index (κ1) is 11.3. The van der Waals surface area contributed by atoms with Crippen molar-refractivity contribution in [3.05, 3.63) is 35.8 Å². The summed E-state index contributed by atoms with van der Waals surface area (Å²) >= 11 is 0. The van der Waals surface area contributed by atoms with Gasteiger partial charge in [-0.3, -0.25) is 4.98 Å². The number of halogens is 1. The normalized spacial score (nSPS) is 10.3. The number of carbonyl (C=O) groups is 1. The molecular formula is C12H10FNO3. The van der Waals surface area contributed by atoms with Gasteiger partial charge >= 0.3 is 5.97 Å². The molecule has 0 N–H and O–H groups in total. The van der Waals surface area contributed by atoms with E-state index in [0.29, 0.717) is 10.9 Å².